The summed E-state index contributed by atoms with van der Waals surface area (Å²) < 4.78 is 30.2. The van der Waals surface area contributed by atoms with Crippen molar-refractivity contribution in [1.29, 1.82) is 0 Å². The highest BCUT2D eigenvalue weighted by molar-refractivity contribution is 7.89. The molecule has 0 saturated carbocycles. The molecule has 170 valence electrons. The summed E-state index contributed by atoms with van der Waals surface area (Å²) in [6.45, 7) is 5.89. The number of aromatic nitrogens is 3. The Hall–Kier alpha value is -3.56. The van der Waals surface area contributed by atoms with Crippen LogP contribution in [0.5, 0.6) is 0 Å². The van der Waals surface area contributed by atoms with Gasteiger partial charge in [-0.1, -0.05) is 36.4 Å². The number of rotatable bonds is 7. The lowest BCUT2D eigenvalue weighted by Gasteiger charge is -2.12. The lowest BCUT2D eigenvalue weighted by molar-refractivity contribution is 0.102. The minimum absolute atomic E-state index is 0.0675. The maximum absolute atomic E-state index is 12.9. The first-order valence-electron chi connectivity index (χ1n) is 10.5. The van der Waals surface area contributed by atoms with E-state index >= 15 is 0 Å². The number of nitrogens with one attached hydrogen (secondary N) is 2. The van der Waals surface area contributed by atoms with Gasteiger partial charge in [0.25, 0.3) is 5.91 Å². The van der Waals surface area contributed by atoms with Crippen LogP contribution in [0.15, 0.2) is 71.9 Å². The number of pyridine rings is 1. The van der Waals surface area contributed by atoms with E-state index in [2.05, 4.69) is 20.1 Å². The first kappa shape index (κ1) is 22.6. The van der Waals surface area contributed by atoms with Gasteiger partial charge in [0.1, 0.15) is 0 Å². The number of carbonyl (C=O) groups excluding carboxylic acids is 1. The molecule has 33 heavy (non-hydrogen) atoms. The fourth-order valence-corrected chi connectivity index (χ4v) is 4.76. The van der Waals surface area contributed by atoms with Gasteiger partial charge in [-0.25, -0.2) is 22.8 Å². The number of amides is 1. The quantitative estimate of drug-likeness (QED) is 0.430. The Balaban J connectivity index is 1.54. The molecule has 8 nitrogen and oxygen atoms in total. The molecule has 0 spiro atoms. The van der Waals surface area contributed by atoms with Crippen molar-refractivity contribution in [2.24, 2.45) is 0 Å². The van der Waals surface area contributed by atoms with Gasteiger partial charge in [-0.3, -0.25) is 4.79 Å². The standard InChI is InChI=1S/C24H25N5O3S/c1-16(2)29-23-20(14-26-29)11-21(15-25-23)28-24(30)19-10-9-17(3)22(12-19)33(31,32)27-13-18-7-5-4-6-8-18/h4-12,14-16,27H,13H2,1-3H3,(H,28,30). The zero-order valence-corrected chi connectivity index (χ0v) is 19.4. The number of fused-ring (bicyclic) bond motifs is 1. The van der Waals surface area contributed by atoms with Crippen LogP contribution in [-0.4, -0.2) is 29.1 Å². The Bertz CT molecular complexity index is 1410. The van der Waals surface area contributed by atoms with Crippen molar-refractivity contribution >= 4 is 32.7 Å². The first-order valence-corrected chi connectivity index (χ1v) is 12.0. The van der Waals surface area contributed by atoms with Crippen LogP contribution in [0.4, 0.5) is 5.69 Å². The molecular weight excluding hydrogens is 438 g/mol. The van der Waals surface area contributed by atoms with Gasteiger partial charge >= 0.3 is 0 Å². The van der Waals surface area contributed by atoms with E-state index in [1.807, 2.05) is 44.2 Å². The first-order chi connectivity index (χ1) is 15.7. The van der Waals surface area contributed by atoms with Gasteiger partial charge < -0.3 is 5.32 Å². The lowest BCUT2D eigenvalue weighted by atomic mass is 10.1. The smallest absolute Gasteiger partial charge is 0.255 e. The molecule has 4 aromatic rings. The van der Waals surface area contributed by atoms with Crippen molar-refractivity contribution in [3.63, 3.8) is 0 Å². The minimum Gasteiger partial charge on any atom is -0.321 e. The molecule has 1 amide bonds. The second-order valence-electron chi connectivity index (χ2n) is 8.06. The molecular formula is C24H25N5O3S. The number of hydrogen-bond acceptors (Lipinski definition) is 5. The molecule has 0 saturated heterocycles. The molecule has 2 N–H and O–H groups in total. The van der Waals surface area contributed by atoms with Gasteiger partial charge in [-0.15, -0.1) is 0 Å². The van der Waals surface area contributed by atoms with E-state index < -0.39 is 15.9 Å². The minimum atomic E-state index is -3.81. The third-order valence-electron chi connectivity index (χ3n) is 5.23. The monoisotopic (exact) mass is 463 g/mol. The van der Waals surface area contributed by atoms with Crippen molar-refractivity contribution in [3.05, 3.63) is 83.7 Å². The van der Waals surface area contributed by atoms with Crippen LogP contribution in [-0.2, 0) is 16.6 Å². The van der Waals surface area contributed by atoms with Crippen LogP contribution >= 0.6 is 0 Å². The van der Waals surface area contributed by atoms with Gasteiger partial charge in [0, 0.05) is 23.5 Å². The summed E-state index contributed by atoms with van der Waals surface area (Å²) in [5.74, 6) is -0.424. The summed E-state index contributed by atoms with van der Waals surface area (Å²) in [5.41, 5.74) is 2.87. The second-order valence-corrected chi connectivity index (χ2v) is 9.80. The maximum Gasteiger partial charge on any atom is 0.255 e. The van der Waals surface area contributed by atoms with Crippen LogP contribution < -0.4 is 10.0 Å². The fraction of sp³-hybridized carbons (Fsp3) is 0.208. The molecule has 0 bridgehead atoms. The molecule has 0 aliphatic heterocycles. The Morgan fingerprint density at radius 2 is 1.82 bits per heavy atom. The Morgan fingerprint density at radius 1 is 1.06 bits per heavy atom. The van der Waals surface area contributed by atoms with E-state index in [1.165, 1.54) is 6.07 Å². The molecule has 0 fully saturated rings. The van der Waals surface area contributed by atoms with Crippen molar-refractivity contribution in [3.8, 4) is 0 Å². The molecule has 9 heteroatoms. The molecule has 0 radical (unpaired) electrons. The number of aryl methyl sites for hydroxylation is 1. The van der Waals surface area contributed by atoms with Gasteiger partial charge in [-0.05, 0) is 50.1 Å². The number of carbonyl (C=O) groups is 1. The number of hydrogen-bond donors (Lipinski definition) is 2. The summed E-state index contributed by atoms with van der Waals surface area (Å²) in [6, 6.07) is 15.8. The highest BCUT2D eigenvalue weighted by Gasteiger charge is 2.19. The van der Waals surface area contributed by atoms with Crippen LogP contribution in [0.1, 0.15) is 41.4 Å². The van der Waals surface area contributed by atoms with Gasteiger partial charge in [0.05, 0.1) is 23.0 Å². The van der Waals surface area contributed by atoms with Crippen LogP contribution in [0.25, 0.3) is 11.0 Å². The van der Waals surface area contributed by atoms with Gasteiger partial charge in [0.2, 0.25) is 10.0 Å². The molecule has 4 rings (SSSR count). The third-order valence-corrected chi connectivity index (χ3v) is 6.77. The summed E-state index contributed by atoms with van der Waals surface area (Å²) in [7, 11) is -3.81. The second kappa shape index (κ2) is 9.13. The number of anilines is 1. The van der Waals surface area contributed by atoms with Crippen LogP contribution in [0.2, 0.25) is 0 Å². The molecule has 2 aromatic heterocycles. The van der Waals surface area contributed by atoms with Gasteiger partial charge in [0.15, 0.2) is 5.65 Å². The van der Waals surface area contributed by atoms with E-state index in [9.17, 15) is 13.2 Å². The maximum atomic E-state index is 12.9. The van der Waals surface area contributed by atoms with Crippen molar-refractivity contribution in [1.82, 2.24) is 19.5 Å². The third kappa shape index (κ3) is 4.94. The van der Waals surface area contributed by atoms with E-state index in [-0.39, 0.29) is 23.0 Å². The molecule has 0 atom stereocenters. The van der Waals surface area contributed by atoms with E-state index in [4.69, 9.17) is 0 Å². The summed E-state index contributed by atoms with van der Waals surface area (Å²) in [4.78, 5) is 17.3. The van der Waals surface area contributed by atoms with Gasteiger partial charge in [-0.2, -0.15) is 5.10 Å². The SMILES string of the molecule is Cc1ccc(C(=O)Nc2cnc3c(cnn3C(C)C)c2)cc1S(=O)(=O)NCc1ccccc1. The summed E-state index contributed by atoms with van der Waals surface area (Å²) in [6.07, 6.45) is 3.26. The molecule has 0 aliphatic rings. The molecule has 2 aromatic carbocycles. The van der Waals surface area contributed by atoms with Crippen molar-refractivity contribution in [2.75, 3.05) is 5.32 Å². The predicted molar refractivity (Wildman–Crippen MR) is 128 cm³/mol. The van der Waals surface area contributed by atoms with E-state index in [0.29, 0.717) is 11.3 Å². The number of benzene rings is 2. The highest BCUT2D eigenvalue weighted by atomic mass is 32.2. The van der Waals surface area contributed by atoms with E-state index in [0.717, 1.165) is 16.6 Å². The average molecular weight is 464 g/mol. The zero-order chi connectivity index (χ0) is 23.6. The average Bonchev–Trinajstić information content (AvgIpc) is 3.22. The van der Waals surface area contributed by atoms with Crippen LogP contribution in [0, 0.1) is 6.92 Å². The molecule has 2 heterocycles. The highest BCUT2D eigenvalue weighted by Crippen LogP contribution is 2.21. The fourth-order valence-electron chi connectivity index (χ4n) is 3.47. The van der Waals surface area contributed by atoms with Crippen molar-refractivity contribution in [2.45, 2.75) is 38.3 Å². The Kier molecular flexibility index (Phi) is 6.26. The zero-order valence-electron chi connectivity index (χ0n) is 18.6. The number of nitrogens with zero attached hydrogens (tertiary/aromatic N) is 3. The lowest BCUT2D eigenvalue weighted by Crippen LogP contribution is -2.24. The van der Waals surface area contributed by atoms with Crippen LogP contribution in [0.3, 0.4) is 0 Å². The summed E-state index contributed by atoms with van der Waals surface area (Å²) >= 11 is 0. The largest absolute Gasteiger partial charge is 0.321 e. The van der Waals surface area contributed by atoms with Crippen molar-refractivity contribution < 1.29 is 13.2 Å². The normalized spacial score (nSPS) is 11.8. The predicted octanol–water partition coefficient (Wildman–Crippen LogP) is 4.05. The summed E-state index contributed by atoms with van der Waals surface area (Å²) in [5, 5.41) is 7.92. The Labute approximate surface area is 192 Å². The number of sulfonamides is 1. The van der Waals surface area contributed by atoms with E-state index in [1.54, 1.807) is 42.2 Å². The topological polar surface area (TPSA) is 106 Å². The molecule has 0 aliphatic carbocycles. The molecule has 0 unspecified atom stereocenters. The Morgan fingerprint density at radius 3 is 2.55 bits per heavy atom.